The summed E-state index contributed by atoms with van der Waals surface area (Å²) in [6.45, 7) is 11.1. The second-order valence-electron chi connectivity index (χ2n) is 2.70. The Hall–Kier alpha value is -2.86. The molecule has 0 aliphatic heterocycles. The highest BCUT2D eigenvalue weighted by Crippen LogP contribution is 1.95. The summed E-state index contributed by atoms with van der Waals surface area (Å²) in [4.78, 5) is 19.7. The molecule has 0 fully saturated rings. The van der Waals surface area contributed by atoms with Crippen LogP contribution in [0.15, 0.2) is 37.0 Å². The van der Waals surface area contributed by atoms with Crippen molar-refractivity contribution in [1.82, 2.24) is 0 Å². The average Bonchev–Trinajstić information content (AvgIpc) is 2.29. The number of nitrogens with zero attached hydrogens (tertiary/aromatic N) is 2. The summed E-state index contributed by atoms with van der Waals surface area (Å²) in [5.74, 6) is -2.44. The first-order chi connectivity index (χ1) is 8.22. The predicted octanol–water partition coefficient (Wildman–Crippen LogP) is 1.88. The zero-order valence-corrected chi connectivity index (χ0v) is 10.0. The summed E-state index contributed by atoms with van der Waals surface area (Å²) in [7, 11) is 0. The lowest BCUT2D eigenvalue weighted by molar-refractivity contribution is -0.139. The van der Waals surface area contributed by atoms with Gasteiger partial charge >= 0.3 is 11.9 Å². The van der Waals surface area contributed by atoms with Gasteiger partial charge in [0.1, 0.15) is 0 Å². The molecule has 0 spiro atoms. The number of carboxylic acid groups (broad SMARTS) is 2. The number of hydrogen-bond donors (Lipinski definition) is 2. The van der Waals surface area contributed by atoms with Gasteiger partial charge in [0.25, 0.3) is 0 Å². The zero-order valence-electron chi connectivity index (χ0n) is 10.0. The molecule has 0 radical (unpaired) electrons. The maximum atomic E-state index is 9.87. The minimum Gasteiger partial charge on any atom is -0.481 e. The van der Waals surface area contributed by atoms with Gasteiger partial charge in [-0.15, -0.1) is 0 Å². The summed E-state index contributed by atoms with van der Waals surface area (Å²) < 4.78 is 0. The lowest BCUT2D eigenvalue weighted by Crippen LogP contribution is -2.04. The highest BCUT2D eigenvalue weighted by molar-refractivity contribution is 5.91. The third-order valence-corrected chi connectivity index (χ3v) is 0.949. The van der Waals surface area contributed by atoms with Crippen LogP contribution in [0.3, 0.4) is 0 Å². The molecule has 0 aliphatic rings. The Bertz CT molecular complexity index is 411. The summed E-state index contributed by atoms with van der Waals surface area (Å²) in [6.07, 6.45) is 0.676. The molecule has 2 N–H and O–H groups in total. The number of hydrogen-bond acceptors (Lipinski definition) is 4. The molecule has 0 amide bonds. The minimum atomic E-state index is -1.27. The van der Waals surface area contributed by atoms with E-state index in [1.54, 1.807) is 13.0 Å². The molecule has 0 saturated carbocycles. The fourth-order valence-electron chi connectivity index (χ4n) is 0.258. The van der Waals surface area contributed by atoms with Crippen molar-refractivity contribution in [3.05, 3.63) is 37.0 Å². The number of allylic oxidation sites excluding steroid dienone is 2. The number of nitriles is 2. The van der Waals surface area contributed by atoms with Crippen LogP contribution in [0.1, 0.15) is 13.3 Å². The molecule has 0 rings (SSSR count). The van der Waals surface area contributed by atoms with E-state index in [9.17, 15) is 9.59 Å². The SMILES string of the molecule is C=C(C)C#N.C=C(CC(=O)O)C(=O)O.C=CC#N. The third-order valence-electron chi connectivity index (χ3n) is 0.949. The highest BCUT2D eigenvalue weighted by Gasteiger charge is 2.07. The quantitative estimate of drug-likeness (QED) is 0.582. The number of rotatable bonds is 3. The van der Waals surface area contributed by atoms with E-state index in [0.29, 0.717) is 5.57 Å². The lowest BCUT2D eigenvalue weighted by atomic mass is 10.2. The molecule has 0 aromatic heterocycles. The van der Waals surface area contributed by atoms with Crippen molar-refractivity contribution in [2.45, 2.75) is 13.3 Å². The minimum absolute atomic E-state index is 0.303. The van der Waals surface area contributed by atoms with E-state index in [2.05, 4.69) is 19.7 Å². The van der Waals surface area contributed by atoms with Crippen molar-refractivity contribution in [1.29, 1.82) is 10.5 Å². The van der Waals surface area contributed by atoms with Crippen molar-refractivity contribution in [3.8, 4) is 12.1 Å². The van der Waals surface area contributed by atoms with Gasteiger partial charge in [-0.05, 0) is 6.92 Å². The van der Waals surface area contributed by atoms with Crippen LogP contribution in [0.2, 0.25) is 0 Å². The number of carbonyl (C=O) groups is 2. The van der Waals surface area contributed by atoms with Crippen LogP contribution in [-0.2, 0) is 9.59 Å². The fourth-order valence-corrected chi connectivity index (χ4v) is 0.258. The topological polar surface area (TPSA) is 122 Å². The molecule has 0 aliphatic carbocycles. The summed E-state index contributed by atoms with van der Waals surface area (Å²) in [5.41, 5.74) is 0.257. The fraction of sp³-hybridized carbons (Fsp3) is 0.167. The molecular formula is C12H14N2O4. The van der Waals surface area contributed by atoms with Crippen molar-refractivity contribution in [2.75, 3.05) is 0 Å². The molecule has 0 atom stereocenters. The Labute approximate surface area is 105 Å². The van der Waals surface area contributed by atoms with Gasteiger partial charge in [-0.1, -0.05) is 19.7 Å². The van der Waals surface area contributed by atoms with Crippen molar-refractivity contribution in [3.63, 3.8) is 0 Å². The van der Waals surface area contributed by atoms with Gasteiger partial charge in [-0.2, -0.15) is 10.5 Å². The number of aliphatic carboxylic acids is 2. The Balaban J connectivity index is -0.000000212. The van der Waals surface area contributed by atoms with Crippen molar-refractivity contribution < 1.29 is 19.8 Å². The van der Waals surface area contributed by atoms with E-state index in [1.165, 1.54) is 6.08 Å². The van der Waals surface area contributed by atoms with Crippen LogP contribution in [0, 0.1) is 22.7 Å². The second kappa shape index (κ2) is 14.1. The standard InChI is InChI=1S/C5H6O4.C4H5N.C3H3N/c1-3(5(8)9)2-4(6)7;1-4(2)3-5;1-2-3-4/h1-2H2,(H,6,7)(H,8,9);1H2,2H3;2H,1H2. The molecule has 6 nitrogen and oxygen atoms in total. The molecule has 0 heterocycles. The van der Waals surface area contributed by atoms with E-state index >= 15 is 0 Å². The molecule has 0 bridgehead atoms. The molecule has 0 aromatic carbocycles. The van der Waals surface area contributed by atoms with E-state index in [-0.39, 0.29) is 5.57 Å². The van der Waals surface area contributed by atoms with E-state index in [0.717, 1.165) is 0 Å². The molecule has 18 heavy (non-hydrogen) atoms. The first-order valence-corrected chi connectivity index (χ1v) is 4.41. The van der Waals surface area contributed by atoms with Crippen LogP contribution in [0.25, 0.3) is 0 Å². The Morgan fingerprint density at radius 3 is 1.67 bits per heavy atom. The highest BCUT2D eigenvalue weighted by atomic mass is 16.4. The van der Waals surface area contributed by atoms with Gasteiger partial charge in [-0.3, -0.25) is 4.79 Å². The van der Waals surface area contributed by atoms with E-state index in [1.807, 2.05) is 6.07 Å². The summed E-state index contributed by atoms with van der Waals surface area (Å²) in [5, 5.41) is 31.4. The Kier molecular flexibility index (Phi) is 16.1. The van der Waals surface area contributed by atoms with E-state index in [4.69, 9.17) is 20.7 Å². The zero-order chi connectivity index (χ0) is 15.1. The molecule has 96 valence electrons. The van der Waals surface area contributed by atoms with Gasteiger partial charge < -0.3 is 10.2 Å². The first-order valence-electron chi connectivity index (χ1n) is 4.41. The predicted molar refractivity (Wildman–Crippen MR) is 65.3 cm³/mol. The molecule has 0 saturated heterocycles. The molecule has 0 aromatic rings. The summed E-state index contributed by atoms with van der Waals surface area (Å²) >= 11 is 0. The van der Waals surface area contributed by atoms with Crippen molar-refractivity contribution >= 4 is 11.9 Å². The first kappa shape index (κ1) is 20.5. The molecular weight excluding hydrogens is 236 g/mol. The van der Waals surface area contributed by atoms with Crippen LogP contribution < -0.4 is 0 Å². The van der Waals surface area contributed by atoms with Gasteiger partial charge in [0.2, 0.25) is 0 Å². The van der Waals surface area contributed by atoms with E-state index < -0.39 is 18.4 Å². The summed E-state index contributed by atoms with van der Waals surface area (Å²) in [6, 6.07) is 3.53. The second-order valence-corrected chi connectivity index (χ2v) is 2.70. The molecule has 6 heteroatoms. The maximum Gasteiger partial charge on any atom is 0.331 e. The normalized spacial score (nSPS) is 6.61. The third kappa shape index (κ3) is 29.2. The van der Waals surface area contributed by atoms with Crippen LogP contribution in [-0.4, -0.2) is 22.2 Å². The monoisotopic (exact) mass is 250 g/mol. The van der Waals surface area contributed by atoms with Crippen LogP contribution >= 0.6 is 0 Å². The Morgan fingerprint density at radius 1 is 1.28 bits per heavy atom. The Morgan fingerprint density at radius 2 is 1.61 bits per heavy atom. The van der Waals surface area contributed by atoms with Gasteiger partial charge in [0.05, 0.1) is 18.6 Å². The van der Waals surface area contributed by atoms with Gasteiger partial charge in [0.15, 0.2) is 0 Å². The molecule has 0 unspecified atom stereocenters. The van der Waals surface area contributed by atoms with Crippen LogP contribution in [0.4, 0.5) is 0 Å². The van der Waals surface area contributed by atoms with Gasteiger partial charge in [0, 0.05) is 17.2 Å². The largest absolute Gasteiger partial charge is 0.481 e. The smallest absolute Gasteiger partial charge is 0.331 e. The maximum absolute atomic E-state index is 9.87. The van der Waals surface area contributed by atoms with Gasteiger partial charge in [-0.25, -0.2) is 4.79 Å². The van der Waals surface area contributed by atoms with Crippen LogP contribution in [0.5, 0.6) is 0 Å². The van der Waals surface area contributed by atoms with Crippen molar-refractivity contribution in [2.24, 2.45) is 0 Å². The number of carboxylic acids is 2. The lowest BCUT2D eigenvalue weighted by Gasteiger charge is -1.91. The average molecular weight is 250 g/mol.